The number of aromatic amines is 2. The number of aryl methyl sites for hydroxylation is 3. The second-order valence-corrected chi connectivity index (χ2v) is 5.90. The molecule has 1 aliphatic rings. The van der Waals surface area contributed by atoms with Crippen LogP contribution in [-0.2, 0) is 12.8 Å². The van der Waals surface area contributed by atoms with Gasteiger partial charge in [0.15, 0.2) is 6.20 Å². The van der Waals surface area contributed by atoms with Gasteiger partial charge in [-0.3, -0.25) is 0 Å². The molecule has 2 N–H and O–H groups in total. The molecule has 4 rings (SSSR count). The van der Waals surface area contributed by atoms with Gasteiger partial charge in [-0.05, 0) is 37.3 Å². The highest BCUT2D eigenvalue weighted by Gasteiger charge is 2.23. The Morgan fingerprint density at radius 2 is 2.20 bits per heavy atom. The van der Waals surface area contributed by atoms with Crippen LogP contribution in [-0.4, -0.2) is 9.97 Å². The molecule has 1 aliphatic carbocycles. The van der Waals surface area contributed by atoms with Crippen LogP contribution in [0.4, 0.5) is 0 Å². The number of H-pyrrole nitrogens is 2. The summed E-state index contributed by atoms with van der Waals surface area (Å²) in [5, 5.41) is 2.16. The summed E-state index contributed by atoms with van der Waals surface area (Å²) >= 11 is 1.84. The molecule has 0 saturated carbocycles. The maximum absolute atomic E-state index is 4.82. The molecule has 0 spiro atoms. The molecule has 0 fully saturated rings. The number of thiophene rings is 1. The molecule has 0 radical (unpaired) electrons. The molecule has 0 aromatic carbocycles. The Bertz CT molecular complexity index is 760. The molecule has 3 nitrogen and oxygen atoms in total. The molecular weight excluding hydrogens is 290 g/mol. The van der Waals surface area contributed by atoms with E-state index < -0.39 is 0 Å². The van der Waals surface area contributed by atoms with Crippen LogP contribution in [0.3, 0.4) is 0 Å². The SMILES string of the molecule is Cc1ccc[nH+]c1-c1nc2c([nH]1)CCc1sccc1-2.[Cl-]. The number of rotatable bonds is 1. The molecule has 102 valence electrons. The minimum absolute atomic E-state index is 0. The van der Waals surface area contributed by atoms with Gasteiger partial charge < -0.3 is 17.4 Å². The van der Waals surface area contributed by atoms with Crippen molar-refractivity contribution in [2.24, 2.45) is 0 Å². The van der Waals surface area contributed by atoms with E-state index in [0.717, 1.165) is 30.1 Å². The molecule has 0 bridgehead atoms. The quantitative estimate of drug-likeness (QED) is 0.677. The van der Waals surface area contributed by atoms with Crippen LogP contribution < -0.4 is 17.4 Å². The van der Waals surface area contributed by atoms with Gasteiger partial charge in [0.05, 0.1) is 5.69 Å². The first-order valence-corrected chi connectivity index (χ1v) is 7.34. The average Bonchev–Trinajstić information content (AvgIpc) is 3.04. The van der Waals surface area contributed by atoms with Gasteiger partial charge in [-0.25, -0.2) is 9.97 Å². The molecule has 5 heteroatoms. The van der Waals surface area contributed by atoms with E-state index in [1.165, 1.54) is 21.7 Å². The van der Waals surface area contributed by atoms with Crippen LogP contribution in [0.2, 0.25) is 0 Å². The third kappa shape index (κ3) is 1.96. The number of hydrogen-bond acceptors (Lipinski definition) is 2. The van der Waals surface area contributed by atoms with Gasteiger partial charge in [-0.1, -0.05) is 0 Å². The Balaban J connectivity index is 0.00000121. The lowest BCUT2D eigenvalue weighted by Gasteiger charge is -2.09. The van der Waals surface area contributed by atoms with Crippen molar-refractivity contribution in [2.45, 2.75) is 19.8 Å². The number of imidazole rings is 1. The monoisotopic (exact) mass is 303 g/mol. The van der Waals surface area contributed by atoms with Crippen molar-refractivity contribution in [3.8, 4) is 22.8 Å². The van der Waals surface area contributed by atoms with Gasteiger partial charge in [0.1, 0.15) is 0 Å². The van der Waals surface area contributed by atoms with E-state index in [9.17, 15) is 0 Å². The number of nitrogens with zero attached hydrogens (tertiary/aromatic N) is 1. The number of halogens is 1. The summed E-state index contributed by atoms with van der Waals surface area (Å²) in [5.74, 6) is 0.946. The van der Waals surface area contributed by atoms with Crippen LogP contribution in [0, 0.1) is 6.92 Å². The normalized spacial score (nSPS) is 12.4. The number of fused-ring (bicyclic) bond motifs is 3. The number of nitrogens with one attached hydrogen (secondary N) is 2. The number of hydrogen-bond donors (Lipinski definition) is 1. The molecular formula is C15H14ClN3S. The van der Waals surface area contributed by atoms with Crippen molar-refractivity contribution in [1.29, 1.82) is 0 Å². The summed E-state index contributed by atoms with van der Waals surface area (Å²) in [6.07, 6.45) is 4.13. The van der Waals surface area contributed by atoms with E-state index in [4.69, 9.17) is 4.98 Å². The lowest BCUT2D eigenvalue weighted by atomic mass is 10.0. The maximum Gasteiger partial charge on any atom is 0.249 e. The van der Waals surface area contributed by atoms with Crippen LogP contribution in [0.25, 0.3) is 22.8 Å². The maximum atomic E-state index is 4.82. The highest BCUT2D eigenvalue weighted by Crippen LogP contribution is 2.36. The van der Waals surface area contributed by atoms with Gasteiger partial charge in [-0.15, -0.1) is 11.3 Å². The Labute approximate surface area is 127 Å². The molecule has 3 aromatic rings. The second kappa shape index (κ2) is 5.04. The van der Waals surface area contributed by atoms with E-state index in [1.54, 1.807) is 0 Å². The second-order valence-electron chi connectivity index (χ2n) is 4.90. The summed E-state index contributed by atoms with van der Waals surface area (Å²) in [5.41, 5.74) is 5.99. The van der Waals surface area contributed by atoms with E-state index in [2.05, 4.69) is 34.4 Å². The fraction of sp³-hybridized carbons (Fsp3) is 0.200. The van der Waals surface area contributed by atoms with Crippen molar-refractivity contribution in [3.05, 3.63) is 45.9 Å². The minimum Gasteiger partial charge on any atom is -1.00 e. The summed E-state index contributed by atoms with van der Waals surface area (Å²) < 4.78 is 0. The molecule has 0 amide bonds. The van der Waals surface area contributed by atoms with Gasteiger partial charge in [0, 0.05) is 27.8 Å². The number of pyridine rings is 1. The van der Waals surface area contributed by atoms with Crippen molar-refractivity contribution in [1.82, 2.24) is 9.97 Å². The first kappa shape index (κ1) is 13.3. The number of aromatic nitrogens is 3. The van der Waals surface area contributed by atoms with Crippen molar-refractivity contribution in [3.63, 3.8) is 0 Å². The molecule has 0 atom stereocenters. The van der Waals surface area contributed by atoms with E-state index in [1.807, 2.05) is 23.6 Å². The zero-order valence-corrected chi connectivity index (χ0v) is 12.6. The first-order chi connectivity index (χ1) is 9.33. The average molecular weight is 304 g/mol. The zero-order chi connectivity index (χ0) is 12.8. The Hall–Kier alpha value is -1.65. The molecule has 3 aromatic heterocycles. The fourth-order valence-electron chi connectivity index (χ4n) is 2.69. The third-order valence-electron chi connectivity index (χ3n) is 3.68. The molecule has 0 saturated heterocycles. The fourth-order valence-corrected chi connectivity index (χ4v) is 3.57. The highest BCUT2D eigenvalue weighted by molar-refractivity contribution is 7.10. The summed E-state index contributed by atoms with van der Waals surface area (Å²) in [6.45, 7) is 2.10. The first-order valence-electron chi connectivity index (χ1n) is 6.46. The van der Waals surface area contributed by atoms with Crippen molar-refractivity contribution in [2.75, 3.05) is 0 Å². The predicted octanol–water partition coefficient (Wildman–Crippen LogP) is 0.0303. The summed E-state index contributed by atoms with van der Waals surface area (Å²) in [6, 6.07) is 6.30. The molecule has 3 heterocycles. The van der Waals surface area contributed by atoms with Crippen molar-refractivity contribution < 1.29 is 17.4 Å². The van der Waals surface area contributed by atoms with Gasteiger partial charge in [0.2, 0.25) is 11.5 Å². The van der Waals surface area contributed by atoms with Gasteiger partial charge in [0.25, 0.3) is 0 Å². The highest BCUT2D eigenvalue weighted by atomic mass is 35.5. The molecule has 20 heavy (non-hydrogen) atoms. The Morgan fingerprint density at radius 3 is 3.05 bits per heavy atom. The zero-order valence-electron chi connectivity index (χ0n) is 11.0. The van der Waals surface area contributed by atoms with Crippen LogP contribution in [0.5, 0.6) is 0 Å². The molecule has 0 unspecified atom stereocenters. The van der Waals surface area contributed by atoms with Crippen molar-refractivity contribution >= 4 is 11.3 Å². The lowest BCUT2D eigenvalue weighted by molar-refractivity contribution is -0.365. The topological polar surface area (TPSA) is 42.8 Å². The predicted molar refractivity (Wildman–Crippen MR) is 76.0 cm³/mol. The Kier molecular flexibility index (Phi) is 3.36. The Morgan fingerprint density at radius 1 is 1.30 bits per heavy atom. The summed E-state index contributed by atoms with van der Waals surface area (Å²) in [4.78, 5) is 13.0. The molecule has 0 aliphatic heterocycles. The summed E-state index contributed by atoms with van der Waals surface area (Å²) in [7, 11) is 0. The van der Waals surface area contributed by atoms with E-state index >= 15 is 0 Å². The largest absolute Gasteiger partial charge is 1.00 e. The van der Waals surface area contributed by atoms with Crippen LogP contribution in [0.1, 0.15) is 16.1 Å². The van der Waals surface area contributed by atoms with Crippen LogP contribution >= 0.6 is 11.3 Å². The smallest absolute Gasteiger partial charge is 0.249 e. The standard InChI is InChI=1S/C15H13N3S.ClH/c1-9-3-2-7-16-13(9)15-17-11-4-5-12-10(6-8-19-12)14(11)18-15;/h2-3,6-8H,4-5H2,1H3,(H,17,18);1H. The van der Waals surface area contributed by atoms with E-state index in [-0.39, 0.29) is 12.4 Å². The van der Waals surface area contributed by atoms with E-state index in [0.29, 0.717) is 0 Å². The van der Waals surface area contributed by atoms with Gasteiger partial charge >= 0.3 is 0 Å². The third-order valence-corrected chi connectivity index (χ3v) is 4.66. The van der Waals surface area contributed by atoms with Crippen LogP contribution in [0.15, 0.2) is 29.8 Å². The van der Waals surface area contributed by atoms with Gasteiger partial charge in [-0.2, -0.15) is 0 Å². The lowest BCUT2D eigenvalue weighted by Crippen LogP contribution is -3.00. The minimum atomic E-state index is 0.